The number of benzene rings is 2. The maximum atomic E-state index is 6.11. The lowest BCUT2D eigenvalue weighted by Gasteiger charge is -2.13. The highest BCUT2D eigenvalue weighted by Crippen LogP contribution is 2.25. The minimum atomic E-state index is 0.0186. The van der Waals surface area contributed by atoms with Crippen molar-refractivity contribution in [2.45, 2.75) is 26.5 Å². The molecule has 20 heavy (non-hydrogen) atoms. The number of hydrogen-bond donors (Lipinski definition) is 1. The van der Waals surface area contributed by atoms with Gasteiger partial charge >= 0.3 is 0 Å². The smallest absolute Gasteiger partial charge is 0.122 e. The normalized spacial score (nSPS) is 12.2. The van der Waals surface area contributed by atoms with E-state index in [0.29, 0.717) is 16.7 Å². The number of ether oxygens (including phenoxy) is 1. The van der Waals surface area contributed by atoms with Crippen LogP contribution in [0.4, 0.5) is 0 Å². The van der Waals surface area contributed by atoms with Crippen LogP contribution in [0.2, 0.25) is 10.0 Å². The fourth-order valence-corrected chi connectivity index (χ4v) is 2.29. The maximum absolute atomic E-state index is 6.11. The molecule has 0 aliphatic heterocycles. The quantitative estimate of drug-likeness (QED) is 0.871. The molecule has 0 aliphatic carbocycles. The lowest BCUT2D eigenvalue weighted by atomic mass is 10.1. The second kappa shape index (κ2) is 6.49. The van der Waals surface area contributed by atoms with Gasteiger partial charge in [-0.2, -0.15) is 0 Å². The third-order valence-corrected chi connectivity index (χ3v) is 3.72. The Kier molecular flexibility index (Phi) is 4.92. The summed E-state index contributed by atoms with van der Waals surface area (Å²) in [4.78, 5) is 0. The average molecular weight is 310 g/mol. The molecule has 2 rings (SSSR count). The van der Waals surface area contributed by atoms with Gasteiger partial charge in [-0.3, -0.25) is 0 Å². The third kappa shape index (κ3) is 3.66. The topological polar surface area (TPSA) is 35.2 Å². The van der Waals surface area contributed by atoms with E-state index in [0.717, 1.165) is 22.4 Å². The van der Waals surface area contributed by atoms with Crippen molar-refractivity contribution < 1.29 is 4.74 Å². The van der Waals surface area contributed by atoms with Gasteiger partial charge in [-0.05, 0) is 49.2 Å². The van der Waals surface area contributed by atoms with Crippen molar-refractivity contribution >= 4 is 23.2 Å². The van der Waals surface area contributed by atoms with Crippen molar-refractivity contribution in [3.63, 3.8) is 0 Å². The molecule has 0 aromatic heterocycles. The van der Waals surface area contributed by atoms with Crippen LogP contribution in [0.5, 0.6) is 5.75 Å². The van der Waals surface area contributed by atoms with Crippen LogP contribution in [0.1, 0.15) is 29.7 Å². The summed E-state index contributed by atoms with van der Waals surface area (Å²) in [6, 6.07) is 11.3. The van der Waals surface area contributed by atoms with Crippen molar-refractivity contribution in [1.82, 2.24) is 0 Å². The van der Waals surface area contributed by atoms with E-state index < -0.39 is 0 Å². The lowest BCUT2D eigenvalue weighted by molar-refractivity contribution is 0.304. The van der Waals surface area contributed by atoms with Gasteiger partial charge in [0.2, 0.25) is 0 Å². The van der Waals surface area contributed by atoms with Crippen LogP contribution in [0, 0.1) is 6.92 Å². The van der Waals surface area contributed by atoms with E-state index in [4.69, 9.17) is 33.7 Å². The average Bonchev–Trinajstić information content (AvgIpc) is 2.40. The second-order valence-electron chi connectivity index (χ2n) is 4.84. The Bertz CT molecular complexity index is 611. The summed E-state index contributed by atoms with van der Waals surface area (Å²) in [5, 5.41) is 1.30. The maximum Gasteiger partial charge on any atom is 0.122 e. The van der Waals surface area contributed by atoms with E-state index in [2.05, 4.69) is 0 Å². The molecule has 0 bridgehead atoms. The molecule has 0 radical (unpaired) electrons. The molecule has 4 heteroatoms. The molecule has 2 aromatic rings. The molecule has 0 spiro atoms. The van der Waals surface area contributed by atoms with Crippen LogP contribution in [0.15, 0.2) is 36.4 Å². The minimum Gasteiger partial charge on any atom is -0.489 e. The van der Waals surface area contributed by atoms with Crippen LogP contribution >= 0.6 is 23.2 Å². The summed E-state index contributed by atoms with van der Waals surface area (Å²) < 4.78 is 5.81. The largest absolute Gasteiger partial charge is 0.489 e. The summed E-state index contributed by atoms with van der Waals surface area (Å²) in [6.07, 6.45) is 0. The molecule has 1 atom stereocenters. The SMILES string of the molecule is Cc1cc(C(C)N)ccc1OCc1cc(Cl)ccc1Cl. The van der Waals surface area contributed by atoms with Gasteiger partial charge in [0.15, 0.2) is 0 Å². The Labute approximate surface area is 129 Å². The van der Waals surface area contributed by atoms with Crippen LogP contribution < -0.4 is 10.5 Å². The predicted molar refractivity (Wildman–Crippen MR) is 84.6 cm³/mol. The first-order valence-electron chi connectivity index (χ1n) is 6.40. The van der Waals surface area contributed by atoms with Crippen LogP contribution in [-0.2, 0) is 6.61 Å². The molecule has 2 N–H and O–H groups in total. The Morgan fingerprint density at radius 3 is 2.55 bits per heavy atom. The molecule has 0 heterocycles. The molecule has 0 saturated carbocycles. The first-order valence-corrected chi connectivity index (χ1v) is 7.16. The first-order chi connectivity index (χ1) is 9.47. The molecule has 2 aromatic carbocycles. The molecule has 0 saturated heterocycles. The van der Waals surface area contributed by atoms with Gasteiger partial charge in [-0.1, -0.05) is 35.3 Å². The summed E-state index contributed by atoms with van der Waals surface area (Å²) in [7, 11) is 0. The highest BCUT2D eigenvalue weighted by molar-refractivity contribution is 6.33. The molecule has 0 amide bonds. The summed E-state index contributed by atoms with van der Waals surface area (Å²) in [5.74, 6) is 0.824. The molecule has 1 unspecified atom stereocenters. The van der Waals surface area contributed by atoms with Gasteiger partial charge < -0.3 is 10.5 Å². The summed E-state index contributed by atoms with van der Waals surface area (Å²) in [6.45, 7) is 4.35. The number of aryl methyl sites for hydroxylation is 1. The van der Waals surface area contributed by atoms with Gasteiger partial charge in [0, 0.05) is 21.7 Å². The number of hydrogen-bond acceptors (Lipinski definition) is 2. The van der Waals surface area contributed by atoms with Gasteiger partial charge in [0.1, 0.15) is 12.4 Å². The van der Waals surface area contributed by atoms with E-state index >= 15 is 0 Å². The van der Waals surface area contributed by atoms with E-state index in [9.17, 15) is 0 Å². The van der Waals surface area contributed by atoms with Gasteiger partial charge in [-0.25, -0.2) is 0 Å². The van der Waals surface area contributed by atoms with Crippen LogP contribution in [0.25, 0.3) is 0 Å². The zero-order valence-electron chi connectivity index (χ0n) is 11.5. The second-order valence-corrected chi connectivity index (χ2v) is 5.68. The van der Waals surface area contributed by atoms with E-state index in [-0.39, 0.29) is 6.04 Å². The van der Waals surface area contributed by atoms with E-state index in [1.54, 1.807) is 12.1 Å². The van der Waals surface area contributed by atoms with Crippen molar-refractivity contribution in [2.75, 3.05) is 0 Å². The van der Waals surface area contributed by atoms with Crippen molar-refractivity contribution in [1.29, 1.82) is 0 Å². The zero-order chi connectivity index (χ0) is 14.7. The third-order valence-electron chi connectivity index (χ3n) is 3.12. The monoisotopic (exact) mass is 309 g/mol. The summed E-state index contributed by atoms with van der Waals surface area (Å²) >= 11 is 12.1. The zero-order valence-corrected chi connectivity index (χ0v) is 13.0. The number of rotatable bonds is 4. The van der Waals surface area contributed by atoms with Gasteiger partial charge in [0.05, 0.1) is 0 Å². The van der Waals surface area contributed by atoms with Crippen LogP contribution in [-0.4, -0.2) is 0 Å². The van der Waals surface area contributed by atoms with Gasteiger partial charge in [-0.15, -0.1) is 0 Å². The number of halogens is 2. The Morgan fingerprint density at radius 2 is 1.90 bits per heavy atom. The Morgan fingerprint density at radius 1 is 1.15 bits per heavy atom. The fraction of sp³-hybridized carbons (Fsp3) is 0.250. The molecule has 0 fully saturated rings. The van der Waals surface area contributed by atoms with Crippen LogP contribution in [0.3, 0.4) is 0 Å². The predicted octanol–water partition coefficient (Wildman–Crippen LogP) is 4.90. The first kappa shape index (κ1) is 15.2. The fourth-order valence-electron chi connectivity index (χ4n) is 1.93. The molecular weight excluding hydrogens is 293 g/mol. The highest BCUT2D eigenvalue weighted by Gasteiger charge is 2.06. The molecule has 106 valence electrons. The van der Waals surface area contributed by atoms with E-state index in [1.807, 2.05) is 38.1 Å². The molecular formula is C16H17Cl2NO. The lowest BCUT2D eigenvalue weighted by Crippen LogP contribution is -2.05. The highest BCUT2D eigenvalue weighted by atomic mass is 35.5. The minimum absolute atomic E-state index is 0.0186. The number of nitrogens with two attached hydrogens (primary N) is 1. The summed E-state index contributed by atoms with van der Waals surface area (Å²) in [5.41, 5.74) is 8.88. The molecule has 0 aliphatic rings. The standard InChI is InChI=1S/C16H17Cl2NO/c1-10-7-12(11(2)19)3-6-16(10)20-9-13-8-14(17)4-5-15(13)18/h3-8,11H,9,19H2,1-2H3. The van der Waals surface area contributed by atoms with E-state index in [1.165, 1.54) is 0 Å². The van der Waals surface area contributed by atoms with Crippen molar-refractivity contribution in [3.8, 4) is 5.75 Å². The van der Waals surface area contributed by atoms with Gasteiger partial charge in [0.25, 0.3) is 0 Å². The van der Waals surface area contributed by atoms with Crippen molar-refractivity contribution in [2.24, 2.45) is 5.73 Å². The Hall–Kier alpha value is -1.22. The Balaban J connectivity index is 2.13. The van der Waals surface area contributed by atoms with Crippen molar-refractivity contribution in [3.05, 3.63) is 63.1 Å². The molecule has 2 nitrogen and oxygen atoms in total.